The molecule has 0 atom stereocenters. The van der Waals surface area contributed by atoms with Gasteiger partial charge < -0.3 is 0 Å². The molecule has 0 aliphatic rings. The molecule has 0 saturated carbocycles. The summed E-state index contributed by atoms with van der Waals surface area (Å²) >= 11 is 6.99. The third-order valence-corrected chi connectivity index (χ3v) is 2.81. The van der Waals surface area contributed by atoms with Crippen molar-refractivity contribution in [3.8, 4) is 16.6 Å². The smallest absolute Gasteiger partial charge is 0.151 e. The van der Waals surface area contributed by atoms with Crippen molar-refractivity contribution in [2.75, 3.05) is 0 Å². The topological polar surface area (TPSA) is 49.6 Å². The largest absolute Gasteiger partial charge is 0.192 e. The van der Waals surface area contributed by atoms with Crippen LogP contribution in [-0.2, 0) is 0 Å². The van der Waals surface area contributed by atoms with Crippen molar-refractivity contribution in [3.63, 3.8) is 0 Å². The van der Waals surface area contributed by atoms with Gasteiger partial charge in [0.1, 0.15) is 16.6 Å². The maximum Gasteiger partial charge on any atom is 0.151 e. The summed E-state index contributed by atoms with van der Waals surface area (Å²) in [7, 11) is 0. The van der Waals surface area contributed by atoms with Gasteiger partial charge in [0.25, 0.3) is 0 Å². The van der Waals surface area contributed by atoms with E-state index in [1.165, 1.54) is 11.3 Å². The summed E-state index contributed by atoms with van der Waals surface area (Å²) in [6.07, 6.45) is 0. The van der Waals surface area contributed by atoms with Gasteiger partial charge in [0, 0.05) is 0 Å². The molecule has 68 valence electrons. The van der Waals surface area contributed by atoms with Crippen LogP contribution in [0.15, 0.2) is 24.3 Å². The molecule has 0 spiro atoms. The van der Waals surface area contributed by atoms with Gasteiger partial charge in [-0.3, -0.25) is 0 Å². The fourth-order valence-electron chi connectivity index (χ4n) is 0.983. The first kappa shape index (κ1) is 9.13. The van der Waals surface area contributed by atoms with Crippen LogP contribution in [0.5, 0.6) is 0 Å². The second kappa shape index (κ2) is 3.74. The van der Waals surface area contributed by atoms with Crippen LogP contribution >= 0.6 is 22.9 Å². The third kappa shape index (κ3) is 1.74. The Labute approximate surface area is 89.6 Å². The number of aromatic nitrogens is 2. The van der Waals surface area contributed by atoms with Gasteiger partial charge >= 0.3 is 0 Å². The number of rotatable bonds is 1. The second-order valence-electron chi connectivity index (χ2n) is 2.52. The third-order valence-electron chi connectivity index (χ3n) is 1.60. The minimum atomic E-state index is 0.366. The van der Waals surface area contributed by atoms with Crippen molar-refractivity contribution >= 4 is 22.9 Å². The predicted octanol–water partition coefficient (Wildman–Crippen LogP) is 2.73. The van der Waals surface area contributed by atoms with Gasteiger partial charge in [0.15, 0.2) is 5.15 Å². The monoisotopic (exact) mass is 221 g/mol. The van der Waals surface area contributed by atoms with Crippen molar-refractivity contribution in [1.29, 1.82) is 5.26 Å². The van der Waals surface area contributed by atoms with Crippen LogP contribution in [-0.4, -0.2) is 10.2 Å². The first-order valence-corrected chi connectivity index (χ1v) is 4.98. The normalized spacial score (nSPS) is 9.71. The molecule has 0 fully saturated rings. The molecule has 14 heavy (non-hydrogen) atoms. The Morgan fingerprint density at radius 1 is 1.21 bits per heavy atom. The van der Waals surface area contributed by atoms with E-state index < -0.39 is 0 Å². The quantitative estimate of drug-likeness (QED) is 0.744. The molecule has 3 nitrogen and oxygen atoms in total. The SMILES string of the molecule is N#Cc1ccc(-c2ccc(Cl)nn2)s1. The minimum Gasteiger partial charge on any atom is -0.192 e. The Morgan fingerprint density at radius 2 is 2.07 bits per heavy atom. The molecular weight excluding hydrogens is 218 g/mol. The molecule has 2 rings (SSSR count). The van der Waals surface area contributed by atoms with Crippen molar-refractivity contribution in [2.24, 2.45) is 0 Å². The molecule has 0 saturated heterocycles. The van der Waals surface area contributed by atoms with Gasteiger partial charge in [-0.25, -0.2) is 0 Å². The standard InChI is InChI=1S/C9H4ClN3S/c10-9-4-2-7(12-13-9)8-3-1-6(5-11)14-8/h1-4H. The number of nitrogens with zero attached hydrogens (tertiary/aromatic N) is 3. The van der Waals surface area contributed by atoms with Crippen LogP contribution < -0.4 is 0 Å². The molecule has 2 heterocycles. The van der Waals surface area contributed by atoms with E-state index in [4.69, 9.17) is 16.9 Å². The highest BCUT2D eigenvalue weighted by atomic mass is 35.5. The van der Waals surface area contributed by atoms with E-state index in [0.29, 0.717) is 10.0 Å². The molecule has 0 bridgehead atoms. The summed E-state index contributed by atoms with van der Waals surface area (Å²) in [5, 5.41) is 16.7. The minimum absolute atomic E-state index is 0.366. The Bertz CT molecular complexity index is 484. The number of halogens is 1. The highest BCUT2D eigenvalue weighted by molar-refractivity contribution is 7.15. The molecule has 0 N–H and O–H groups in total. The first-order chi connectivity index (χ1) is 6.79. The van der Waals surface area contributed by atoms with Crippen LogP contribution in [0.4, 0.5) is 0 Å². The maximum atomic E-state index is 8.65. The lowest BCUT2D eigenvalue weighted by Gasteiger charge is -1.93. The van der Waals surface area contributed by atoms with Crippen molar-refractivity contribution < 1.29 is 0 Å². The molecular formula is C9H4ClN3S. The molecule has 0 radical (unpaired) electrons. The molecule has 0 aromatic carbocycles. The summed E-state index contributed by atoms with van der Waals surface area (Å²) in [6, 6.07) is 9.14. The molecule has 2 aromatic rings. The zero-order chi connectivity index (χ0) is 9.97. The molecule has 0 aliphatic heterocycles. The fourth-order valence-corrected chi connectivity index (χ4v) is 1.85. The lowest BCUT2D eigenvalue weighted by Crippen LogP contribution is -1.83. The molecule has 5 heteroatoms. The maximum absolute atomic E-state index is 8.65. The van der Waals surface area contributed by atoms with Crippen molar-refractivity contribution in [3.05, 3.63) is 34.3 Å². The van der Waals surface area contributed by atoms with Gasteiger partial charge in [-0.05, 0) is 24.3 Å². The van der Waals surface area contributed by atoms with Gasteiger partial charge in [-0.15, -0.1) is 21.5 Å². The van der Waals surface area contributed by atoms with E-state index >= 15 is 0 Å². The Kier molecular flexibility index (Phi) is 2.44. The Morgan fingerprint density at radius 3 is 2.64 bits per heavy atom. The zero-order valence-electron chi connectivity index (χ0n) is 6.94. The van der Waals surface area contributed by atoms with Gasteiger partial charge in [-0.2, -0.15) is 5.26 Å². The average molecular weight is 222 g/mol. The van der Waals surface area contributed by atoms with Gasteiger partial charge in [0.2, 0.25) is 0 Å². The van der Waals surface area contributed by atoms with E-state index in [0.717, 1.165) is 10.6 Å². The summed E-state index contributed by atoms with van der Waals surface area (Å²) in [6.45, 7) is 0. The summed E-state index contributed by atoms with van der Waals surface area (Å²) in [4.78, 5) is 1.59. The van der Waals surface area contributed by atoms with Crippen LogP contribution in [0.3, 0.4) is 0 Å². The van der Waals surface area contributed by atoms with E-state index in [1.54, 1.807) is 18.2 Å². The van der Waals surface area contributed by atoms with Crippen LogP contribution in [0.25, 0.3) is 10.6 Å². The second-order valence-corrected chi connectivity index (χ2v) is 3.99. The molecule has 2 aromatic heterocycles. The number of hydrogen-bond acceptors (Lipinski definition) is 4. The average Bonchev–Trinajstić information content (AvgIpc) is 2.67. The number of hydrogen-bond donors (Lipinski definition) is 0. The molecule has 0 amide bonds. The summed E-state index contributed by atoms with van der Waals surface area (Å²) in [5.41, 5.74) is 0.737. The lowest BCUT2D eigenvalue weighted by molar-refractivity contribution is 1.04. The zero-order valence-corrected chi connectivity index (χ0v) is 8.51. The Balaban J connectivity index is 2.40. The lowest BCUT2D eigenvalue weighted by atomic mass is 10.3. The highest BCUT2D eigenvalue weighted by Gasteiger charge is 2.03. The van der Waals surface area contributed by atoms with E-state index in [9.17, 15) is 0 Å². The Hall–Kier alpha value is -1.44. The van der Waals surface area contributed by atoms with Crippen LogP contribution in [0.1, 0.15) is 4.88 Å². The van der Waals surface area contributed by atoms with E-state index in [-0.39, 0.29) is 0 Å². The first-order valence-electron chi connectivity index (χ1n) is 3.79. The van der Waals surface area contributed by atoms with E-state index in [2.05, 4.69) is 16.3 Å². The molecule has 0 aliphatic carbocycles. The summed E-state index contributed by atoms with van der Waals surface area (Å²) in [5.74, 6) is 0. The molecule has 0 unspecified atom stereocenters. The fraction of sp³-hybridized carbons (Fsp3) is 0. The van der Waals surface area contributed by atoms with Crippen molar-refractivity contribution in [1.82, 2.24) is 10.2 Å². The van der Waals surface area contributed by atoms with Crippen LogP contribution in [0, 0.1) is 11.3 Å². The highest BCUT2D eigenvalue weighted by Crippen LogP contribution is 2.25. The van der Waals surface area contributed by atoms with Gasteiger partial charge in [-0.1, -0.05) is 11.6 Å². The van der Waals surface area contributed by atoms with Gasteiger partial charge in [0.05, 0.1) is 4.88 Å². The predicted molar refractivity (Wildman–Crippen MR) is 55.1 cm³/mol. The summed E-state index contributed by atoms with van der Waals surface area (Å²) < 4.78 is 0. The van der Waals surface area contributed by atoms with Crippen LogP contribution in [0.2, 0.25) is 5.15 Å². The number of nitriles is 1. The van der Waals surface area contributed by atoms with E-state index in [1.807, 2.05) is 6.07 Å². The van der Waals surface area contributed by atoms with Crippen molar-refractivity contribution in [2.45, 2.75) is 0 Å². The number of thiophene rings is 1.